The minimum Gasteiger partial charge on any atom is -0.352 e. The number of halogens is 1. The van der Waals surface area contributed by atoms with Crippen LogP contribution in [0.1, 0.15) is 28.8 Å². The van der Waals surface area contributed by atoms with E-state index in [9.17, 15) is 9.59 Å². The zero-order valence-corrected chi connectivity index (χ0v) is 16.1. The number of benzene rings is 2. The topological polar surface area (TPSA) is 49.4 Å². The molecule has 3 rings (SSSR count). The maximum absolute atomic E-state index is 12.5. The van der Waals surface area contributed by atoms with E-state index < -0.39 is 0 Å². The first-order valence-corrected chi connectivity index (χ1v) is 9.58. The van der Waals surface area contributed by atoms with Crippen LogP contribution in [-0.4, -0.2) is 29.8 Å². The Hall–Kier alpha value is -1.89. The Bertz CT molecular complexity index is 723. The lowest BCUT2D eigenvalue weighted by molar-refractivity contribution is -0.126. The zero-order chi connectivity index (χ0) is 17.6. The van der Waals surface area contributed by atoms with Crippen LogP contribution >= 0.6 is 22.6 Å². The third-order valence-electron chi connectivity index (χ3n) is 4.55. The Labute approximate surface area is 161 Å². The number of likely N-dealkylation sites (tertiary alicyclic amines) is 1. The van der Waals surface area contributed by atoms with E-state index in [1.807, 2.05) is 59.5 Å². The van der Waals surface area contributed by atoms with Crippen LogP contribution in [-0.2, 0) is 11.3 Å². The van der Waals surface area contributed by atoms with Crippen LogP contribution in [0.4, 0.5) is 0 Å². The van der Waals surface area contributed by atoms with E-state index in [1.54, 1.807) is 0 Å². The molecule has 0 atom stereocenters. The van der Waals surface area contributed by atoms with Gasteiger partial charge in [-0.2, -0.15) is 0 Å². The summed E-state index contributed by atoms with van der Waals surface area (Å²) in [5.74, 6) is 0.134. The summed E-state index contributed by atoms with van der Waals surface area (Å²) in [7, 11) is 0. The van der Waals surface area contributed by atoms with Crippen LogP contribution in [0.5, 0.6) is 0 Å². The number of rotatable bonds is 4. The van der Waals surface area contributed by atoms with Gasteiger partial charge in [0, 0.05) is 34.7 Å². The SMILES string of the molecule is O=C(NCc1ccccc1)C1CCN(C(=O)c2ccc(I)cc2)CC1. The number of amides is 2. The first-order valence-electron chi connectivity index (χ1n) is 8.50. The lowest BCUT2D eigenvalue weighted by Gasteiger charge is -2.31. The Balaban J connectivity index is 1.48. The van der Waals surface area contributed by atoms with Crippen LogP contribution in [0, 0.1) is 9.49 Å². The van der Waals surface area contributed by atoms with Gasteiger partial charge in [0.05, 0.1) is 0 Å². The smallest absolute Gasteiger partial charge is 0.253 e. The fourth-order valence-corrected chi connectivity index (χ4v) is 3.41. The highest BCUT2D eigenvalue weighted by molar-refractivity contribution is 14.1. The van der Waals surface area contributed by atoms with E-state index in [4.69, 9.17) is 0 Å². The Morgan fingerprint density at radius 3 is 2.28 bits per heavy atom. The van der Waals surface area contributed by atoms with Crippen molar-refractivity contribution in [3.63, 3.8) is 0 Å². The summed E-state index contributed by atoms with van der Waals surface area (Å²) in [6, 6.07) is 17.5. The fraction of sp³-hybridized carbons (Fsp3) is 0.300. The van der Waals surface area contributed by atoms with Crippen LogP contribution in [0.15, 0.2) is 54.6 Å². The Kier molecular flexibility index (Phi) is 6.07. The molecule has 0 unspecified atom stereocenters. The van der Waals surface area contributed by atoms with Crippen LogP contribution in [0.25, 0.3) is 0 Å². The summed E-state index contributed by atoms with van der Waals surface area (Å²) in [4.78, 5) is 26.7. The Morgan fingerprint density at radius 2 is 1.64 bits per heavy atom. The van der Waals surface area contributed by atoms with Gasteiger partial charge in [-0.15, -0.1) is 0 Å². The third-order valence-corrected chi connectivity index (χ3v) is 5.27. The molecule has 2 amide bonds. The summed E-state index contributed by atoms with van der Waals surface area (Å²) in [6.07, 6.45) is 1.44. The molecule has 0 spiro atoms. The van der Waals surface area contributed by atoms with Crippen molar-refractivity contribution < 1.29 is 9.59 Å². The molecule has 0 radical (unpaired) electrons. The van der Waals surface area contributed by atoms with Crippen molar-refractivity contribution in [1.82, 2.24) is 10.2 Å². The normalized spacial score (nSPS) is 15.0. The molecule has 0 bridgehead atoms. The summed E-state index contributed by atoms with van der Waals surface area (Å²) in [5.41, 5.74) is 1.81. The highest BCUT2D eigenvalue weighted by Gasteiger charge is 2.27. The maximum atomic E-state index is 12.5. The molecule has 1 heterocycles. The molecule has 25 heavy (non-hydrogen) atoms. The molecule has 1 fully saturated rings. The van der Waals surface area contributed by atoms with Crippen molar-refractivity contribution in [2.75, 3.05) is 13.1 Å². The molecular formula is C20H21IN2O2. The second-order valence-electron chi connectivity index (χ2n) is 6.28. The summed E-state index contributed by atoms with van der Waals surface area (Å²) >= 11 is 2.23. The molecule has 4 nitrogen and oxygen atoms in total. The summed E-state index contributed by atoms with van der Waals surface area (Å²) < 4.78 is 1.11. The van der Waals surface area contributed by atoms with Gasteiger partial charge in [-0.05, 0) is 65.3 Å². The molecule has 1 saturated heterocycles. The molecule has 130 valence electrons. The molecule has 1 aliphatic heterocycles. The van der Waals surface area contributed by atoms with Crippen molar-refractivity contribution in [1.29, 1.82) is 0 Å². The molecule has 1 aliphatic rings. The quantitative estimate of drug-likeness (QED) is 0.729. The lowest BCUT2D eigenvalue weighted by Crippen LogP contribution is -2.42. The lowest BCUT2D eigenvalue weighted by atomic mass is 9.95. The molecule has 0 aromatic heterocycles. The predicted octanol–water partition coefficient (Wildman–Crippen LogP) is 3.46. The summed E-state index contributed by atoms with van der Waals surface area (Å²) in [6.45, 7) is 1.82. The van der Waals surface area contributed by atoms with Gasteiger partial charge in [0.15, 0.2) is 0 Å². The first-order chi connectivity index (χ1) is 12.1. The maximum Gasteiger partial charge on any atom is 0.253 e. The van der Waals surface area contributed by atoms with E-state index >= 15 is 0 Å². The minimum atomic E-state index is -0.00974. The van der Waals surface area contributed by atoms with Gasteiger partial charge in [-0.1, -0.05) is 30.3 Å². The molecule has 5 heteroatoms. The van der Waals surface area contributed by atoms with Gasteiger partial charge in [-0.3, -0.25) is 9.59 Å². The number of carbonyl (C=O) groups is 2. The summed E-state index contributed by atoms with van der Waals surface area (Å²) in [5, 5.41) is 3.01. The average molecular weight is 448 g/mol. The molecule has 0 saturated carbocycles. The standard InChI is InChI=1S/C20H21IN2O2/c21-18-8-6-17(7-9-18)20(25)23-12-10-16(11-13-23)19(24)22-14-15-4-2-1-3-5-15/h1-9,16H,10-14H2,(H,22,24). The highest BCUT2D eigenvalue weighted by atomic mass is 127. The second kappa shape index (κ2) is 8.47. The monoisotopic (exact) mass is 448 g/mol. The van der Waals surface area contributed by atoms with E-state index in [1.165, 1.54) is 0 Å². The van der Waals surface area contributed by atoms with Crippen molar-refractivity contribution >= 4 is 34.4 Å². The Morgan fingerprint density at radius 1 is 1.00 bits per heavy atom. The van der Waals surface area contributed by atoms with Gasteiger partial charge < -0.3 is 10.2 Å². The number of nitrogens with one attached hydrogen (secondary N) is 1. The first kappa shape index (κ1) is 17.9. The molecule has 2 aromatic rings. The van der Waals surface area contributed by atoms with Gasteiger partial charge in [-0.25, -0.2) is 0 Å². The number of nitrogens with zero attached hydrogens (tertiary/aromatic N) is 1. The van der Waals surface area contributed by atoms with Gasteiger partial charge in [0.2, 0.25) is 5.91 Å². The van der Waals surface area contributed by atoms with E-state index in [0.29, 0.717) is 25.2 Å². The van der Waals surface area contributed by atoms with Crippen molar-refractivity contribution in [2.24, 2.45) is 5.92 Å². The van der Waals surface area contributed by atoms with Crippen molar-refractivity contribution in [2.45, 2.75) is 19.4 Å². The van der Waals surface area contributed by atoms with Crippen LogP contribution in [0.3, 0.4) is 0 Å². The van der Waals surface area contributed by atoms with Crippen molar-refractivity contribution in [3.05, 3.63) is 69.3 Å². The van der Waals surface area contributed by atoms with Gasteiger partial charge >= 0.3 is 0 Å². The fourth-order valence-electron chi connectivity index (χ4n) is 3.05. The van der Waals surface area contributed by atoms with Crippen molar-refractivity contribution in [3.8, 4) is 0 Å². The van der Waals surface area contributed by atoms with Gasteiger partial charge in [0.1, 0.15) is 0 Å². The molecule has 1 N–H and O–H groups in total. The largest absolute Gasteiger partial charge is 0.352 e. The second-order valence-corrected chi connectivity index (χ2v) is 7.52. The number of hydrogen-bond donors (Lipinski definition) is 1. The average Bonchev–Trinajstić information content (AvgIpc) is 2.67. The zero-order valence-electron chi connectivity index (χ0n) is 14.0. The van der Waals surface area contributed by atoms with E-state index in [-0.39, 0.29) is 17.7 Å². The van der Waals surface area contributed by atoms with Crippen LogP contribution < -0.4 is 5.32 Å². The highest BCUT2D eigenvalue weighted by Crippen LogP contribution is 2.20. The number of hydrogen-bond acceptors (Lipinski definition) is 2. The van der Waals surface area contributed by atoms with E-state index in [2.05, 4.69) is 27.9 Å². The van der Waals surface area contributed by atoms with E-state index in [0.717, 1.165) is 22.0 Å². The number of piperidine rings is 1. The molecular weight excluding hydrogens is 427 g/mol. The number of carbonyl (C=O) groups excluding carboxylic acids is 2. The van der Waals surface area contributed by atoms with Gasteiger partial charge in [0.25, 0.3) is 5.91 Å². The molecule has 2 aromatic carbocycles. The molecule has 0 aliphatic carbocycles. The minimum absolute atomic E-state index is 0.00974. The predicted molar refractivity (Wildman–Crippen MR) is 106 cm³/mol. The van der Waals surface area contributed by atoms with Crippen LogP contribution in [0.2, 0.25) is 0 Å². The third kappa shape index (κ3) is 4.81.